The third-order valence-corrected chi connectivity index (χ3v) is 2.71. The van der Waals surface area contributed by atoms with Crippen LogP contribution in [0.3, 0.4) is 0 Å². The highest BCUT2D eigenvalue weighted by molar-refractivity contribution is 5.84. The summed E-state index contributed by atoms with van der Waals surface area (Å²) in [5.74, 6) is 0.291. The van der Waals surface area contributed by atoms with Crippen LogP contribution >= 0.6 is 0 Å². The van der Waals surface area contributed by atoms with Gasteiger partial charge in [0.2, 0.25) is 12.2 Å². The molecule has 4 nitrogen and oxygen atoms in total. The quantitative estimate of drug-likeness (QED) is 0.734. The highest BCUT2D eigenvalue weighted by atomic mass is 16.2. The number of rotatable bonds is 4. The summed E-state index contributed by atoms with van der Waals surface area (Å²) < 4.78 is 0. The van der Waals surface area contributed by atoms with Gasteiger partial charge in [0.25, 0.3) is 0 Å². The molecule has 1 heterocycles. The molecule has 85 valence electrons. The number of carbonyl (C=O) groups is 1. The lowest BCUT2D eigenvalue weighted by molar-refractivity contribution is -0.132. The summed E-state index contributed by atoms with van der Waals surface area (Å²) >= 11 is 0. The first kappa shape index (κ1) is 12.2. The average molecular weight is 211 g/mol. The Labute approximate surface area is 90.8 Å². The normalized spacial score (nSPS) is 23.2. The molecule has 0 aromatic heterocycles. The third kappa shape index (κ3) is 3.02. The van der Waals surface area contributed by atoms with Crippen molar-refractivity contribution in [3.8, 4) is 0 Å². The van der Waals surface area contributed by atoms with Gasteiger partial charge in [0.05, 0.1) is 12.1 Å². The molecule has 0 spiro atoms. The van der Waals surface area contributed by atoms with E-state index in [0.717, 1.165) is 12.8 Å². The minimum atomic E-state index is -0.473. The first-order valence-corrected chi connectivity index (χ1v) is 5.50. The SMILES string of the molecule is CC(C)CC(N)C(=O)N1CCCC1[C]=O. The Balaban J connectivity index is 2.55. The fourth-order valence-corrected chi connectivity index (χ4v) is 1.97. The molecule has 2 N–H and O–H groups in total. The lowest BCUT2D eigenvalue weighted by Gasteiger charge is -2.24. The molecule has 1 aliphatic heterocycles. The van der Waals surface area contributed by atoms with Crippen LogP contribution in [-0.2, 0) is 9.59 Å². The van der Waals surface area contributed by atoms with Crippen LogP contribution in [0.15, 0.2) is 0 Å². The standard InChI is InChI=1S/C11H19N2O2/c1-8(2)6-10(12)11(15)13-5-3-4-9(13)7-14/h8-10H,3-6,12H2,1-2H3. The van der Waals surface area contributed by atoms with Crippen molar-refractivity contribution in [1.29, 1.82) is 0 Å². The van der Waals surface area contributed by atoms with Crippen LogP contribution in [-0.4, -0.2) is 35.7 Å². The van der Waals surface area contributed by atoms with E-state index in [1.54, 1.807) is 4.90 Å². The van der Waals surface area contributed by atoms with Gasteiger partial charge in [0.1, 0.15) is 0 Å². The van der Waals surface area contributed by atoms with Crippen molar-refractivity contribution in [2.24, 2.45) is 11.7 Å². The van der Waals surface area contributed by atoms with Gasteiger partial charge >= 0.3 is 0 Å². The number of likely N-dealkylation sites (tertiary alicyclic amines) is 1. The Morgan fingerprint density at radius 2 is 2.27 bits per heavy atom. The number of hydrogen-bond donors (Lipinski definition) is 1. The van der Waals surface area contributed by atoms with E-state index < -0.39 is 6.04 Å². The van der Waals surface area contributed by atoms with E-state index in [4.69, 9.17) is 5.73 Å². The fourth-order valence-electron chi connectivity index (χ4n) is 1.97. The molecule has 1 saturated heterocycles. The Morgan fingerprint density at radius 1 is 1.60 bits per heavy atom. The molecule has 1 amide bonds. The maximum atomic E-state index is 11.9. The Bertz CT molecular complexity index is 241. The first-order chi connectivity index (χ1) is 7.06. The van der Waals surface area contributed by atoms with Crippen LogP contribution in [0.5, 0.6) is 0 Å². The minimum absolute atomic E-state index is 0.102. The van der Waals surface area contributed by atoms with Gasteiger partial charge in [-0.1, -0.05) is 13.8 Å². The maximum Gasteiger partial charge on any atom is 0.240 e. The van der Waals surface area contributed by atoms with E-state index in [1.807, 2.05) is 20.1 Å². The highest BCUT2D eigenvalue weighted by Crippen LogP contribution is 2.17. The van der Waals surface area contributed by atoms with E-state index in [9.17, 15) is 9.59 Å². The summed E-state index contributed by atoms with van der Waals surface area (Å²) in [5.41, 5.74) is 5.79. The predicted molar refractivity (Wildman–Crippen MR) is 57.9 cm³/mol. The molecule has 1 aliphatic rings. The molecule has 0 aromatic rings. The van der Waals surface area contributed by atoms with Crippen molar-refractivity contribution >= 4 is 12.2 Å². The zero-order valence-corrected chi connectivity index (χ0v) is 9.40. The second-order valence-electron chi connectivity index (χ2n) is 4.54. The number of carbonyl (C=O) groups excluding carboxylic acids is 2. The Hall–Kier alpha value is -0.900. The lowest BCUT2D eigenvalue weighted by atomic mass is 10.0. The molecule has 15 heavy (non-hydrogen) atoms. The van der Waals surface area contributed by atoms with E-state index in [1.165, 1.54) is 0 Å². The van der Waals surface area contributed by atoms with Crippen molar-refractivity contribution in [2.75, 3.05) is 6.54 Å². The molecule has 1 rings (SSSR count). The van der Waals surface area contributed by atoms with E-state index in [-0.39, 0.29) is 11.9 Å². The fraction of sp³-hybridized carbons (Fsp3) is 0.818. The van der Waals surface area contributed by atoms with Crippen LogP contribution in [0, 0.1) is 5.92 Å². The van der Waals surface area contributed by atoms with Crippen LogP contribution < -0.4 is 5.73 Å². The monoisotopic (exact) mass is 211 g/mol. The van der Waals surface area contributed by atoms with Crippen molar-refractivity contribution in [1.82, 2.24) is 4.90 Å². The second kappa shape index (κ2) is 5.26. The molecular formula is C11H19N2O2. The van der Waals surface area contributed by atoms with Gasteiger partial charge in [0, 0.05) is 6.54 Å². The minimum Gasteiger partial charge on any atom is -0.331 e. The van der Waals surface area contributed by atoms with Gasteiger partial charge in [0.15, 0.2) is 0 Å². The van der Waals surface area contributed by atoms with Gasteiger partial charge < -0.3 is 10.6 Å². The summed E-state index contributed by atoms with van der Waals surface area (Å²) in [6.07, 6.45) is 4.17. The summed E-state index contributed by atoms with van der Waals surface area (Å²) in [6.45, 7) is 4.70. The summed E-state index contributed by atoms with van der Waals surface area (Å²) in [7, 11) is 0. The number of nitrogens with two attached hydrogens (primary N) is 1. The molecule has 4 heteroatoms. The number of nitrogens with zero attached hydrogens (tertiary/aromatic N) is 1. The molecule has 2 atom stereocenters. The molecule has 0 aromatic carbocycles. The molecule has 0 bridgehead atoms. The Kier molecular flexibility index (Phi) is 4.27. The zero-order valence-electron chi connectivity index (χ0n) is 9.40. The van der Waals surface area contributed by atoms with E-state index in [2.05, 4.69) is 0 Å². The van der Waals surface area contributed by atoms with Crippen LogP contribution in [0.4, 0.5) is 0 Å². The van der Waals surface area contributed by atoms with Gasteiger partial charge in [-0.05, 0) is 25.2 Å². The van der Waals surface area contributed by atoms with Gasteiger partial charge in [-0.15, -0.1) is 0 Å². The lowest BCUT2D eigenvalue weighted by Crippen LogP contribution is -2.46. The molecule has 0 saturated carbocycles. The highest BCUT2D eigenvalue weighted by Gasteiger charge is 2.31. The van der Waals surface area contributed by atoms with Gasteiger partial charge in [-0.3, -0.25) is 9.59 Å². The zero-order chi connectivity index (χ0) is 11.4. The summed E-state index contributed by atoms with van der Waals surface area (Å²) in [6, 6.07) is -0.838. The topological polar surface area (TPSA) is 63.4 Å². The number of amides is 1. The smallest absolute Gasteiger partial charge is 0.240 e. The largest absolute Gasteiger partial charge is 0.331 e. The van der Waals surface area contributed by atoms with E-state index >= 15 is 0 Å². The third-order valence-electron chi connectivity index (χ3n) is 2.71. The molecule has 0 aliphatic carbocycles. The second-order valence-corrected chi connectivity index (χ2v) is 4.54. The summed E-state index contributed by atoms with van der Waals surface area (Å²) in [4.78, 5) is 24.0. The van der Waals surface area contributed by atoms with Crippen molar-refractivity contribution in [2.45, 2.75) is 45.2 Å². The average Bonchev–Trinajstić information content (AvgIpc) is 2.62. The van der Waals surface area contributed by atoms with E-state index in [0.29, 0.717) is 18.9 Å². The van der Waals surface area contributed by atoms with Crippen molar-refractivity contribution in [3.05, 3.63) is 0 Å². The van der Waals surface area contributed by atoms with Gasteiger partial charge in [-0.2, -0.15) is 0 Å². The first-order valence-electron chi connectivity index (χ1n) is 5.50. The molecular weight excluding hydrogens is 192 g/mol. The van der Waals surface area contributed by atoms with Crippen molar-refractivity contribution < 1.29 is 9.59 Å². The predicted octanol–water partition coefficient (Wildman–Crippen LogP) is 0.460. The maximum absolute atomic E-state index is 11.9. The van der Waals surface area contributed by atoms with Crippen molar-refractivity contribution in [3.63, 3.8) is 0 Å². The van der Waals surface area contributed by atoms with Crippen LogP contribution in [0.25, 0.3) is 0 Å². The Morgan fingerprint density at radius 3 is 2.80 bits per heavy atom. The molecule has 1 radical (unpaired) electrons. The van der Waals surface area contributed by atoms with Gasteiger partial charge in [-0.25, -0.2) is 0 Å². The molecule has 2 unspecified atom stereocenters. The van der Waals surface area contributed by atoms with Crippen LogP contribution in [0.1, 0.15) is 33.1 Å². The van der Waals surface area contributed by atoms with Crippen LogP contribution in [0.2, 0.25) is 0 Å². The number of hydrogen-bond acceptors (Lipinski definition) is 3. The summed E-state index contributed by atoms with van der Waals surface area (Å²) in [5, 5.41) is 0. The molecule has 1 fully saturated rings.